The van der Waals surface area contributed by atoms with E-state index in [1.807, 2.05) is 0 Å². The zero-order valence-electron chi connectivity index (χ0n) is 8.42. The topological polar surface area (TPSA) is 46.2 Å². The van der Waals surface area contributed by atoms with Crippen LogP contribution in [-0.4, -0.2) is 11.2 Å². The first-order valence-electron chi connectivity index (χ1n) is 4.53. The zero-order chi connectivity index (χ0) is 12.5. The van der Waals surface area contributed by atoms with Crippen LogP contribution in [0.4, 0.5) is 13.2 Å². The van der Waals surface area contributed by atoms with E-state index in [2.05, 4.69) is 0 Å². The van der Waals surface area contributed by atoms with Crippen molar-refractivity contribution < 1.29 is 18.3 Å². The molecule has 16 heavy (non-hydrogen) atoms. The van der Waals surface area contributed by atoms with Crippen molar-refractivity contribution in [1.29, 1.82) is 0 Å². The molecule has 0 saturated carbocycles. The Kier molecular flexibility index (Phi) is 3.83. The second kappa shape index (κ2) is 4.61. The van der Waals surface area contributed by atoms with E-state index < -0.39 is 23.9 Å². The maximum atomic E-state index is 12.5. The molecule has 0 aromatic heterocycles. The summed E-state index contributed by atoms with van der Waals surface area (Å²) >= 11 is 5.44. The third-order valence-corrected chi connectivity index (χ3v) is 2.53. The number of hydrogen-bond acceptors (Lipinski definition) is 2. The van der Waals surface area contributed by atoms with Gasteiger partial charge in [-0.3, -0.25) is 0 Å². The van der Waals surface area contributed by atoms with Gasteiger partial charge in [0.05, 0.1) is 22.7 Å². The van der Waals surface area contributed by atoms with Crippen molar-refractivity contribution in [1.82, 2.24) is 0 Å². The molecule has 0 aliphatic rings. The molecule has 6 heteroatoms. The Morgan fingerprint density at radius 1 is 1.38 bits per heavy atom. The minimum atomic E-state index is -4.52. The Balaban J connectivity index is 3.18. The molecule has 0 amide bonds. The second-order valence-corrected chi connectivity index (χ2v) is 3.91. The molecule has 0 aliphatic heterocycles. The lowest BCUT2D eigenvalue weighted by molar-refractivity contribution is -0.137. The predicted octanol–water partition coefficient (Wildman–Crippen LogP) is 2.74. The van der Waals surface area contributed by atoms with E-state index in [0.29, 0.717) is 0 Å². The van der Waals surface area contributed by atoms with E-state index in [0.717, 1.165) is 12.1 Å². The smallest absolute Gasteiger partial charge is 0.391 e. The van der Waals surface area contributed by atoms with Crippen molar-refractivity contribution in [2.45, 2.75) is 25.2 Å². The number of benzene rings is 1. The molecule has 1 rings (SSSR count). The van der Waals surface area contributed by atoms with Gasteiger partial charge in [0.1, 0.15) is 0 Å². The highest BCUT2D eigenvalue weighted by molar-refractivity contribution is 6.31. The SMILES string of the molecule is C[C@H](O)[C@H](N)c1ccc(Cl)c(C(F)(F)F)c1. The molecule has 1 aromatic rings. The first-order valence-corrected chi connectivity index (χ1v) is 4.91. The van der Waals surface area contributed by atoms with Gasteiger partial charge in [-0.25, -0.2) is 0 Å². The number of hydrogen-bond donors (Lipinski definition) is 2. The molecule has 0 unspecified atom stereocenters. The van der Waals surface area contributed by atoms with E-state index in [-0.39, 0.29) is 10.6 Å². The minimum absolute atomic E-state index is 0.201. The van der Waals surface area contributed by atoms with Gasteiger partial charge in [-0.2, -0.15) is 13.2 Å². The molecule has 0 fully saturated rings. The fourth-order valence-corrected chi connectivity index (χ4v) is 1.47. The van der Waals surface area contributed by atoms with Crippen LogP contribution in [0.1, 0.15) is 24.1 Å². The van der Waals surface area contributed by atoms with E-state index in [1.165, 1.54) is 13.0 Å². The van der Waals surface area contributed by atoms with Gasteiger partial charge in [0.25, 0.3) is 0 Å². The first-order chi connectivity index (χ1) is 7.23. The molecular formula is C10H11ClF3NO. The standard InChI is InChI=1S/C10H11ClF3NO/c1-5(16)9(15)6-2-3-8(11)7(4-6)10(12,13)14/h2-5,9,16H,15H2,1H3/t5-,9-/m0/s1. The number of aliphatic hydroxyl groups is 1. The Bertz CT molecular complexity index is 379. The fraction of sp³-hybridized carbons (Fsp3) is 0.400. The van der Waals surface area contributed by atoms with Crippen molar-refractivity contribution >= 4 is 11.6 Å². The van der Waals surface area contributed by atoms with Crippen molar-refractivity contribution in [3.05, 3.63) is 34.3 Å². The third-order valence-electron chi connectivity index (χ3n) is 2.20. The normalized spacial score (nSPS) is 15.9. The molecular weight excluding hydrogens is 243 g/mol. The Morgan fingerprint density at radius 2 is 1.94 bits per heavy atom. The van der Waals surface area contributed by atoms with Gasteiger partial charge < -0.3 is 10.8 Å². The van der Waals surface area contributed by atoms with Crippen LogP contribution in [0.2, 0.25) is 5.02 Å². The van der Waals surface area contributed by atoms with E-state index >= 15 is 0 Å². The molecule has 0 heterocycles. The summed E-state index contributed by atoms with van der Waals surface area (Å²) in [6.07, 6.45) is -5.45. The van der Waals surface area contributed by atoms with Crippen molar-refractivity contribution in [3.63, 3.8) is 0 Å². The largest absolute Gasteiger partial charge is 0.417 e. The van der Waals surface area contributed by atoms with Gasteiger partial charge in [-0.1, -0.05) is 17.7 Å². The molecule has 2 atom stereocenters. The van der Waals surface area contributed by atoms with Gasteiger partial charge in [0.15, 0.2) is 0 Å². The molecule has 0 bridgehead atoms. The van der Waals surface area contributed by atoms with Crippen LogP contribution in [0.15, 0.2) is 18.2 Å². The highest BCUT2D eigenvalue weighted by Gasteiger charge is 2.33. The average Bonchev–Trinajstić information content (AvgIpc) is 2.15. The third kappa shape index (κ3) is 2.87. The summed E-state index contributed by atoms with van der Waals surface area (Å²) < 4.78 is 37.5. The minimum Gasteiger partial charge on any atom is -0.391 e. The molecule has 0 radical (unpaired) electrons. The lowest BCUT2D eigenvalue weighted by Gasteiger charge is -2.17. The molecule has 0 aliphatic carbocycles. The molecule has 3 N–H and O–H groups in total. The number of aliphatic hydroxyl groups excluding tert-OH is 1. The van der Waals surface area contributed by atoms with Crippen molar-refractivity contribution in [2.75, 3.05) is 0 Å². The van der Waals surface area contributed by atoms with Crippen molar-refractivity contribution in [3.8, 4) is 0 Å². The van der Waals surface area contributed by atoms with Crippen LogP contribution < -0.4 is 5.73 Å². The Hall–Kier alpha value is -0.780. The Labute approximate surface area is 95.8 Å². The number of rotatable bonds is 2. The van der Waals surface area contributed by atoms with Gasteiger partial charge in [0.2, 0.25) is 0 Å². The Morgan fingerprint density at radius 3 is 2.38 bits per heavy atom. The monoisotopic (exact) mass is 253 g/mol. The quantitative estimate of drug-likeness (QED) is 0.851. The van der Waals surface area contributed by atoms with Crippen LogP contribution in [0.5, 0.6) is 0 Å². The van der Waals surface area contributed by atoms with Crippen molar-refractivity contribution in [2.24, 2.45) is 5.73 Å². The van der Waals surface area contributed by atoms with E-state index in [4.69, 9.17) is 17.3 Å². The molecule has 0 spiro atoms. The predicted molar refractivity (Wildman–Crippen MR) is 55.1 cm³/mol. The molecule has 1 aromatic carbocycles. The highest BCUT2D eigenvalue weighted by atomic mass is 35.5. The van der Waals surface area contributed by atoms with Crippen LogP contribution in [0.3, 0.4) is 0 Å². The van der Waals surface area contributed by atoms with Gasteiger partial charge in [-0.15, -0.1) is 0 Å². The molecule has 2 nitrogen and oxygen atoms in total. The summed E-state index contributed by atoms with van der Waals surface area (Å²) in [6.45, 7) is 1.41. The lowest BCUT2D eigenvalue weighted by atomic mass is 10.0. The van der Waals surface area contributed by atoms with Crippen LogP contribution in [-0.2, 0) is 6.18 Å². The molecule has 90 valence electrons. The van der Waals surface area contributed by atoms with Gasteiger partial charge in [0, 0.05) is 0 Å². The summed E-state index contributed by atoms with van der Waals surface area (Å²) in [4.78, 5) is 0. The zero-order valence-corrected chi connectivity index (χ0v) is 9.18. The maximum absolute atomic E-state index is 12.5. The second-order valence-electron chi connectivity index (χ2n) is 3.50. The summed E-state index contributed by atoms with van der Waals surface area (Å²) in [5, 5.41) is 8.82. The summed E-state index contributed by atoms with van der Waals surface area (Å²) in [7, 11) is 0. The maximum Gasteiger partial charge on any atom is 0.417 e. The highest BCUT2D eigenvalue weighted by Crippen LogP contribution is 2.36. The molecule has 0 saturated heterocycles. The van der Waals surface area contributed by atoms with Crippen LogP contribution in [0, 0.1) is 0 Å². The average molecular weight is 254 g/mol. The number of alkyl halides is 3. The lowest BCUT2D eigenvalue weighted by Crippen LogP contribution is -2.23. The number of nitrogens with two attached hydrogens (primary N) is 1. The number of halogens is 4. The first kappa shape index (κ1) is 13.3. The van der Waals surface area contributed by atoms with Crippen LogP contribution >= 0.6 is 11.6 Å². The fourth-order valence-electron chi connectivity index (χ4n) is 1.25. The summed E-state index contributed by atoms with van der Waals surface area (Å²) in [5.74, 6) is 0. The van der Waals surface area contributed by atoms with E-state index in [1.54, 1.807) is 0 Å². The van der Waals surface area contributed by atoms with Gasteiger partial charge >= 0.3 is 6.18 Å². The summed E-state index contributed by atoms with van der Waals surface area (Å²) in [5.41, 5.74) is 4.80. The van der Waals surface area contributed by atoms with Crippen LogP contribution in [0.25, 0.3) is 0 Å². The summed E-state index contributed by atoms with van der Waals surface area (Å²) in [6, 6.07) is 2.50. The van der Waals surface area contributed by atoms with Gasteiger partial charge in [-0.05, 0) is 24.6 Å². The van der Waals surface area contributed by atoms with E-state index in [9.17, 15) is 18.3 Å².